The Bertz CT molecular complexity index is 971. The van der Waals surface area contributed by atoms with Crippen LogP contribution < -0.4 is 14.2 Å². The maximum Gasteiger partial charge on any atom is 0.273 e. The average molecular weight is 398 g/mol. The van der Waals surface area contributed by atoms with Gasteiger partial charge in [0.1, 0.15) is 16.5 Å². The molecule has 0 bridgehead atoms. The molecular formula is C21H22N2O4S. The first-order valence-corrected chi connectivity index (χ1v) is 9.50. The normalized spacial score (nSPS) is 10.4. The van der Waals surface area contributed by atoms with Gasteiger partial charge in [0.15, 0.2) is 11.5 Å². The van der Waals surface area contributed by atoms with Crippen LogP contribution in [0.25, 0.3) is 10.6 Å². The predicted octanol–water partition coefficient (Wildman–Crippen LogP) is 4.11. The van der Waals surface area contributed by atoms with Crippen molar-refractivity contribution < 1.29 is 19.0 Å². The first-order chi connectivity index (χ1) is 13.6. The predicted molar refractivity (Wildman–Crippen MR) is 109 cm³/mol. The van der Waals surface area contributed by atoms with Crippen molar-refractivity contribution in [2.75, 3.05) is 28.4 Å². The van der Waals surface area contributed by atoms with Crippen molar-refractivity contribution in [3.05, 3.63) is 59.1 Å². The van der Waals surface area contributed by atoms with E-state index in [1.165, 1.54) is 11.3 Å². The van der Waals surface area contributed by atoms with E-state index in [0.29, 0.717) is 23.7 Å². The van der Waals surface area contributed by atoms with Crippen molar-refractivity contribution in [3.63, 3.8) is 0 Å². The molecule has 3 aromatic rings. The molecule has 146 valence electrons. The van der Waals surface area contributed by atoms with Gasteiger partial charge < -0.3 is 19.1 Å². The Morgan fingerprint density at radius 1 is 1.00 bits per heavy atom. The summed E-state index contributed by atoms with van der Waals surface area (Å²) in [5.41, 5.74) is 2.22. The summed E-state index contributed by atoms with van der Waals surface area (Å²) in [6, 6.07) is 13.2. The van der Waals surface area contributed by atoms with Gasteiger partial charge >= 0.3 is 0 Å². The van der Waals surface area contributed by atoms with E-state index >= 15 is 0 Å². The van der Waals surface area contributed by atoms with Crippen LogP contribution in [0.3, 0.4) is 0 Å². The molecule has 0 fully saturated rings. The van der Waals surface area contributed by atoms with Crippen LogP contribution >= 0.6 is 11.3 Å². The number of thiazole rings is 1. The number of ether oxygens (including phenoxy) is 3. The molecule has 3 rings (SSSR count). The number of aromatic nitrogens is 1. The zero-order valence-electron chi connectivity index (χ0n) is 16.3. The van der Waals surface area contributed by atoms with Gasteiger partial charge in [-0.05, 0) is 24.3 Å². The molecule has 1 aromatic heterocycles. The Morgan fingerprint density at radius 2 is 1.71 bits per heavy atom. The van der Waals surface area contributed by atoms with E-state index in [9.17, 15) is 4.79 Å². The maximum absolute atomic E-state index is 12.8. The lowest BCUT2D eigenvalue weighted by Crippen LogP contribution is -2.26. The molecule has 0 spiro atoms. The molecule has 1 amide bonds. The number of carbonyl (C=O) groups excluding carboxylic acids is 1. The van der Waals surface area contributed by atoms with Crippen LogP contribution in [0.15, 0.2) is 47.8 Å². The van der Waals surface area contributed by atoms with E-state index in [2.05, 4.69) is 4.98 Å². The van der Waals surface area contributed by atoms with Gasteiger partial charge in [0.05, 0.1) is 21.3 Å². The van der Waals surface area contributed by atoms with Crippen LogP contribution in [0.2, 0.25) is 0 Å². The summed E-state index contributed by atoms with van der Waals surface area (Å²) in [5, 5.41) is 2.52. The van der Waals surface area contributed by atoms with E-state index in [0.717, 1.165) is 21.9 Å². The molecule has 0 N–H and O–H groups in total. The Labute approximate surface area is 168 Å². The Balaban J connectivity index is 1.78. The summed E-state index contributed by atoms with van der Waals surface area (Å²) in [5.74, 6) is 1.88. The second kappa shape index (κ2) is 8.75. The van der Waals surface area contributed by atoms with Crippen molar-refractivity contribution in [3.8, 4) is 27.8 Å². The van der Waals surface area contributed by atoms with Gasteiger partial charge in [-0.25, -0.2) is 4.98 Å². The molecule has 0 aliphatic carbocycles. The molecule has 0 aliphatic rings. The summed E-state index contributed by atoms with van der Waals surface area (Å²) >= 11 is 1.42. The molecule has 0 unspecified atom stereocenters. The Hall–Kier alpha value is -3.06. The molecule has 0 aliphatic heterocycles. The third kappa shape index (κ3) is 4.09. The zero-order chi connectivity index (χ0) is 20.1. The zero-order valence-corrected chi connectivity index (χ0v) is 17.1. The van der Waals surface area contributed by atoms with Crippen LogP contribution in [0.1, 0.15) is 16.1 Å². The van der Waals surface area contributed by atoms with E-state index < -0.39 is 0 Å². The number of rotatable bonds is 7. The maximum atomic E-state index is 12.8. The van der Waals surface area contributed by atoms with Gasteiger partial charge in [0.25, 0.3) is 5.91 Å². The summed E-state index contributed by atoms with van der Waals surface area (Å²) in [7, 11) is 6.56. The number of para-hydroxylation sites is 1. The highest BCUT2D eigenvalue weighted by molar-refractivity contribution is 7.13. The van der Waals surface area contributed by atoms with Crippen LogP contribution in [0.4, 0.5) is 0 Å². The lowest BCUT2D eigenvalue weighted by molar-refractivity contribution is 0.0779. The first-order valence-electron chi connectivity index (χ1n) is 8.62. The quantitative estimate of drug-likeness (QED) is 0.599. The molecule has 0 saturated carbocycles. The number of nitrogens with zero attached hydrogens (tertiary/aromatic N) is 2. The monoisotopic (exact) mass is 398 g/mol. The van der Waals surface area contributed by atoms with E-state index in [1.807, 2.05) is 42.5 Å². The standard InChI is InChI=1S/C21H22N2O4S/c1-23(12-15-7-5-6-8-17(15)25-2)21(24)16-13-28-20(22-16)14-9-10-18(26-3)19(11-14)27-4/h5-11,13H,12H2,1-4H3. The highest BCUT2D eigenvalue weighted by Crippen LogP contribution is 2.33. The van der Waals surface area contributed by atoms with Crippen molar-refractivity contribution in [2.24, 2.45) is 0 Å². The van der Waals surface area contributed by atoms with Crippen molar-refractivity contribution >= 4 is 17.2 Å². The molecule has 28 heavy (non-hydrogen) atoms. The number of methoxy groups -OCH3 is 3. The lowest BCUT2D eigenvalue weighted by atomic mass is 10.2. The third-order valence-electron chi connectivity index (χ3n) is 4.30. The van der Waals surface area contributed by atoms with Crippen LogP contribution in [0, 0.1) is 0 Å². The molecule has 6 nitrogen and oxygen atoms in total. The highest BCUT2D eigenvalue weighted by atomic mass is 32.1. The molecule has 0 atom stereocenters. The summed E-state index contributed by atoms with van der Waals surface area (Å²) in [6.07, 6.45) is 0. The molecule has 2 aromatic carbocycles. The fourth-order valence-electron chi connectivity index (χ4n) is 2.83. The molecule has 1 heterocycles. The third-order valence-corrected chi connectivity index (χ3v) is 5.19. The number of hydrogen-bond acceptors (Lipinski definition) is 6. The minimum atomic E-state index is -0.145. The van der Waals surface area contributed by atoms with E-state index in [4.69, 9.17) is 14.2 Å². The fourth-order valence-corrected chi connectivity index (χ4v) is 3.62. The largest absolute Gasteiger partial charge is 0.496 e. The number of amides is 1. The van der Waals surface area contributed by atoms with Crippen molar-refractivity contribution in [1.29, 1.82) is 0 Å². The van der Waals surface area contributed by atoms with Gasteiger partial charge in [0, 0.05) is 30.1 Å². The lowest BCUT2D eigenvalue weighted by Gasteiger charge is -2.17. The van der Waals surface area contributed by atoms with Crippen molar-refractivity contribution in [2.45, 2.75) is 6.54 Å². The van der Waals surface area contributed by atoms with Crippen molar-refractivity contribution in [1.82, 2.24) is 9.88 Å². The summed E-state index contributed by atoms with van der Waals surface area (Å²) in [6.45, 7) is 0.437. The van der Waals surface area contributed by atoms with Crippen LogP contribution in [0.5, 0.6) is 17.2 Å². The average Bonchev–Trinajstić information content (AvgIpc) is 3.23. The molecule has 0 saturated heterocycles. The Kier molecular flexibility index (Phi) is 6.16. The second-order valence-corrected chi connectivity index (χ2v) is 6.94. The topological polar surface area (TPSA) is 60.9 Å². The molecular weight excluding hydrogens is 376 g/mol. The van der Waals surface area contributed by atoms with E-state index in [-0.39, 0.29) is 5.91 Å². The first kappa shape index (κ1) is 19.7. The van der Waals surface area contributed by atoms with Crippen LogP contribution in [-0.2, 0) is 6.54 Å². The summed E-state index contributed by atoms with van der Waals surface area (Å²) in [4.78, 5) is 18.9. The van der Waals surface area contributed by atoms with Gasteiger partial charge in [-0.15, -0.1) is 11.3 Å². The SMILES string of the molecule is COc1ccccc1CN(C)C(=O)c1csc(-c2ccc(OC)c(OC)c2)n1. The second-order valence-electron chi connectivity index (χ2n) is 6.08. The fraction of sp³-hybridized carbons (Fsp3) is 0.238. The number of benzene rings is 2. The highest BCUT2D eigenvalue weighted by Gasteiger charge is 2.18. The summed E-state index contributed by atoms with van der Waals surface area (Å²) < 4.78 is 16.0. The van der Waals surface area contributed by atoms with Gasteiger partial charge in [-0.1, -0.05) is 18.2 Å². The smallest absolute Gasteiger partial charge is 0.273 e. The van der Waals surface area contributed by atoms with Gasteiger partial charge in [-0.3, -0.25) is 4.79 Å². The number of hydrogen-bond donors (Lipinski definition) is 0. The number of carbonyl (C=O) groups is 1. The van der Waals surface area contributed by atoms with Crippen LogP contribution in [-0.4, -0.2) is 44.2 Å². The molecule has 0 radical (unpaired) electrons. The molecule has 7 heteroatoms. The van der Waals surface area contributed by atoms with E-state index in [1.54, 1.807) is 38.7 Å². The minimum Gasteiger partial charge on any atom is -0.496 e. The van der Waals surface area contributed by atoms with Gasteiger partial charge in [0.2, 0.25) is 0 Å². The Morgan fingerprint density at radius 3 is 2.43 bits per heavy atom. The van der Waals surface area contributed by atoms with Gasteiger partial charge in [-0.2, -0.15) is 0 Å². The minimum absolute atomic E-state index is 0.145.